The Labute approximate surface area is 407 Å². The first-order chi connectivity index (χ1) is 31.2. The lowest BCUT2D eigenvalue weighted by Gasteiger charge is -2.56. The van der Waals surface area contributed by atoms with E-state index in [4.69, 9.17) is 18.9 Å². The molecule has 6 heteroatoms. The lowest BCUT2D eigenvalue weighted by atomic mass is 9.46. The fourth-order valence-corrected chi connectivity index (χ4v) is 9.26. The third-order valence-corrected chi connectivity index (χ3v) is 13.2. The summed E-state index contributed by atoms with van der Waals surface area (Å²) in [4.78, 5) is 24.6. The Balaban J connectivity index is -0.00000224. The Morgan fingerprint density at radius 1 is 0.409 bits per heavy atom. The molecule has 0 aromatic heterocycles. The van der Waals surface area contributed by atoms with Crippen molar-refractivity contribution < 1.29 is 28.5 Å². The van der Waals surface area contributed by atoms with E-state index in [1.807, 2.05) is 141 Å². The molecule has 374 valence electrons. The van der Waals surface area contributed by atoms with E-state index in [9.17, 15) is 9.59 Å². The van der Waals surface area contributed by atoms with Crippen LogP contribution in [0.4, 0.5) is 4.79 Å². The second-order valence-corrected chi connectivity index (χ2v) is 16.6. The summed E-state index contributed by atoms with van der Waals surface area (Å²) >= 11 is 0. The number of carbonyl (C=O) groups excluding carboxylic acids is 2. The predicted molar refractivity (Wildman–Crippen MR) is 288 cm³/mol. The maximum atomic E-state index is 13.3. The van der Waals surface area contributed by atoms with Crippen molar-refractivity contribution in [3.05, 3.63) is 118 Å². The summed E-state index contributed by atoms with van der Waals surface area (Å²) in [5, 5.41) is 0. The zero-order valence-electron chi connectivity index (χ0n) is 47.5. The van der Waals surface area contributed by atoms with E-state index < -0.39 is 11.6 Å². The number of fused-ring (bicyclic) bond motifs is 4. The van der Waals surface area contributed by atoms with E-state index in [0.717, 1.165) is 16.9 Å². The van der Waals surface area contributed by atoms with Crippen molar-refractivity contribution in [3.63, 3.8) is 0 Å². The molecule has 6 rings (SSSR count). The van der Waals surface area contributed by atoms with Gasteiger partial charge in [0.25, 0.3) is 0 Å². The number of benzene rings is 4. The van der Waals surface area contributed by atoms with Gasteiger partial charge in [0.2, 0.25) is 0 Å². The molecule has 0 N–H and O–H groups in total. The molecular weight excluding hydrogens is 817 g/mol. The number of rotatable bonds is 6. The van der Waals surface area contributed by atoms with Crippen LogP contribution in [0.25, 0.3) is 0 Å². The number of hydrogen-bond donors (Lipinski definition) is 0. The molecule has 4 aromatic rings. The summed E-state index contributed by atoms with van der Waals surface area (Å²) in [6.07, 6.45) is -0.795. The van der Waals surface area contributed by atoms with Gasteiger partial charge in [-0.25, -0.2) is 4.79 Å². The van der Waals surface area contributed by atoms with E-state index in [0.29, 0.717) is 17.2 Å². The zero-order chi connectivity index (χ0) is 52.7. The molecule has 1 spiro atoms. The number of hydrogen-bond acceptors (Lipinski definition) is 6. The van der Waals surface area contributed by atoms with Gasteiger partial charge in [0.05, 0.1) is 7.11 Å². The summed E-state index contributed by atoms with van der Waals surface area (Å²) < 4.78 is 22.6. The largest absolute Gasteiger partial charge is 0.519 e. The highest BCUT2D eigenvalue weighted by molar-refractivity contribution is 5.71. The van der Waals surface area contributed by atoms with Crippen LogP contribution < -0.4 is 18.9 Å². The van der Waals surface area contributed by atoms with Crippen LogP contribution in [-0.4, -0.2) is 19.2 Å². The van der Waals surface area contributed by atoms with E-state index in [2.05, 4.69) is 99.6 Å². The fraction of sp³-hybridized carbons (Fsp3) is 0.567. The monoisotopic (exact) mass is 915 g/mol. The molecule has 0 aliphatic heterocycles. The third-order valence-electron chi connectivity index (χ3n) is 13.2. The standard InChI is InChI=1S/C44H50O6.8C2H6/c1-27(45)48-30-17-13-28(14-18-30)39(2,3)29-15-19-31(20-16-29)49-38(46)50-33-22-24-35-37(26-33)44(43(10,11)41(35,6)7)36-25-32(47-12)21-23-34(36)40(4,5)42(44,8)9;8*1-2/h13-26H,1-12H3;8*1-2H3. The first kappa shape index (κ1) is 65.7. The minimum absolute atomic E-state index is 0.159. The van der Waals surface area contributed by atoms with E-state index >= 15 is 0 Å². The number of esters is 1. The van der Waals surface area contributed by atoms with Crippen LogP contribution in [0.1, 0.15) is 220 Å². The zero-order valence-corrected chi connectivity index (χ0v) is 47.5. The summed E-state index contributed by atoms with van der Waals surface area (Å²) in [5.74, 6) is 1.82. The molecule has 2 aliphatic carbocycles. The molecule has 4 aromatic carbocycles. The lowest BCUT2D eigenvalue weighted by molar-refractivity contribution is -0.131. The maximum absolute atomic E-state index is 13.3. The highest BCUT2D eigenvalue weighted by Gasteiger charge is 2.74. The predicted octanol–water partition coefficient (Wildman–Crippen LogP) is 18.7. The summed E-state index contributed by atoms with van der Waals surface area (Å²) in [5.41, 5.74) is 5.54. The highest BCUT2D eigenvalue weighted by Crippen LogP contribution is 2.77. The molecule has 0 heterocycles. The van der Waals surface area contributed by atoms with E-state index in [-0.39, 0.29) is 33.0 Å². The number of ether oxygens (including phenoxy) is 4. The quantitative estimate of drug-likeness (QED) is 0.109. The first-order valence-electron chi connectivity index (χ1n) is 25.4. The van der Waals surface area contributed by atoms with Gasteiger partial charge in [-0.15, -0.1) is 0 Å². The van der Waals surface area contributed by atoms with Crippen molar-refractivity contribution in [2.75, 3.05) is 7.11 Å². The lowest BCUT2D eigenvalue weighted by Crippen LogP contribution is -2.56. The summed E-state index contributed by atoms with van der Waals surface area (Å²) in [6.45, 7) is 56.5. The van der Waals surface area contributed by atoms with Crippen molar-refractivity contribution >= 4 is 12.1 Å². The minimum atomic E-state index is -0.795. The molecule has 0 amide bonds. The van der Waals surface area contributed by atoms with Gasteiger partial charge in [-0.05, 0) is 104 Å². The smallest absolute Gasteiger partial charge is 0.497 e. The van der Waals surface area contributed by atoms with Crippen LogP contribution in [-0.2, 0) is 26.5 Å². The van der Waals surface area contributed by atoms with Crippen molar-refractivity contribution in [1.82, 2.24) is 0 Å². The molecule has 1 unspecified atom stereocenters. The van der Waals surface area contributed by atoms with Crippen molar-refractivity contribution in [3.8, 4) is 23.0 Å². The van der Waals surface area contributed by atoms with E-state index in [1.54, 1.807) is 31.4 Å². The molecule has 0 saturated heterocycles. The average Bonchev–Trinajstić information content (AvgIpc) is 3.58. The average molecular weight is 915 g/mol. The second-order valence-electron chi connectivity index (χ2n) is 16.6. The Bertz CT molecular complexity index is 1970. The maximum Gasteiger partial charge on any atom is 0.519 e. The Kier molecular flexibility index (Phi) is 29.1. The number of carbonyl (C=O) groups is 2. The molecule has 0 fully saturated rings. The topological polar surface area (TPSA) is 71.1 Å². The molecule has 0 saturated carbocycles. The minimum Gasteiger partial charge on any atom is -0.497 e. The van der Waals surface area contributed by atoms with Gasteiger partial charge >= 0.3 is 12.1 Å². The van der Waals surface area contributed by atoms with Crippen LogP contribution in [0.5, 0.6) is 23.0 Å². The highest BCUT2D eigenvalue weighted by atomic mass is 16.7. The molecule has 6 nitrogen and oxygen atoms in total. The van der Waals surface area contributed by atoms with Crippen LogP contribution in [0.2, 0.25) is 0 Å². The molecule has 2 aliphatic rings. The normalized spacial score (nSPS) is 16.2. The summed E-state index contributed by atoms with van der Waals surface area (Å²) in [7, 11) is 1.72. The Hall–Kier alpha value is -4.58. The summed E-state index contributed by atoms with van der Waals surface area (Å²) in [6, 6.07) is 27.5. The third kappa shape index (κ3) is 12.5. The van der Waals surface area contributed by atoms with Crippen molar-refractivity contribution in [2.24, 2.45) is 10.8 Å². The van der Waals surface area contributed by atoms with Crippen LogP contribution in [0.15, 0.2) is 84.9 Å². The van der Waals surface area contributed by atoms with Gasteiger partial charge < -0.3 is 18.9 Å². The Morgan fingerprint density at radius 3 is 1.03 bits per heavy atom. The molecule has 0 radical (unpaired) electrons. The van der Waals surface area contributed by atoms with Gasteiger partial charge in [-0.1, -0.05) is 216 Å². The SMILES string of the molecule is CC.CC.CC.CC.CC.CC.CC.CC.COc1ccc2c(c1)C1(c3cc(OC(=O)Oc4ccc(C(C)(C)c5ccc(OC(C)=O)cc5)cc4)ccc3C(C)(C)C1(C)C)C(C)(C)C2(C)C. The van der Waals surface area contributed by atoms with Crippen LogP contribution in [0, 0.1) is 10.8 Å². The fourth-order valence-electron chi connectivity index (χ4n) is 9.26. The van der Waals surface area contributed by atoms with Gasteiger partial charge in [-0.2, -0.15) is 0 Å². The molecule has 0 bridgehead atoms. The van der Waals surface area contributed by atoms with Gasteiger partial charge in [0, 0.05) is 17.8 Å². The number of methoxy groups -OCH3 is 1. The van der Waals surface area contributed by atoms with Crippen LogP contribution in [0.3, 0.4) is 0 Å². The van der Waals surface area contributed by atoms with E-state index in [1.165, 1.54) is 29.2 Å². The van der Waals surface area contributed by atoms with Crippen molar-refractivity contribution in [2.45, 2.75) is 209 Å². The van der Waals surface area contributed by atoms with Crippen molar-refractivity contribution in [1.29, 1.82) is 0 Å². The second kappa shape index (κ2) is 29.2. The molecule has 66 heavy (non-hydrogen) atoms. The first-order valence-corrected chi connectivity index (χ1v) is 25.4. The molecule has 1 atom stereocenters. The van der Waals surface area contributed by atoms with Gasteiger partial charge in [-0.3, -0.25) is 4.79 Å². The Morgan fingerprint density at radius 2 is 0.697 bits per heavy atom. The van der Waals surface area contributed by atoms with Crippen LogP contribution >= 0.6 is 0 Å². The van der Waals surface area contributed by atoms with Gasteiger partial charge in [0.1, 0.15) is 23.0 Å². The van der Waals surface area contributed by atoms with Gasteiger partial charge in [0.15, 0.2) is 0 Å². The molecular formula is C60H98O6.